The van der Waals surface area contributed by atoms with Crippen molar-refractivity contribution < 1.29 is 4.74 Å². The van der Waals surface area contributed by atoms with Gasteiger partial charge < -0.3 is 24.4 Å². The summed E-state index contributed by atoms with van der Waals surface area (Å²) >= 11 is 0. The van der Waals surface area contributed by atoms with Crippen molar-refractivity contribution in [2.24, 2.45) is 7.05 Å². The third-order valence-electron chi connectivity index (χ3n) is 6.02. The van der Waals surface area contributed by atoms with E-state index in [4.69, 9.17) is 9.72 Å². The van der Waals surface area contributed by atoms with E-state index in [-0.39, 0.29) is 0 Å². The molecule has 1 aromatic carbocycles. The van der Waals surface area contributed by atoms with Crippen LogP contribution in [0.5, 0.6) is 5.75 Å². The first-order valence-electron chi connectivity index (χ1n) is 10.7. The standard InChI is InChI=1S/C24H27N7O/c1-29-10-12-31(13-11-29)17-4-5-21(23(14-17)32-3)28-24-26-9-7-20(27-24)19-16-30(2)22-15-25-8-6-18(19)22/h4-9,14-16H,10-13H2,1-3H3,(H,26,27,28). The maximum Gasteiger partial charge on any atom is 0.227 e. The number of fused-ring (bicyclic) bond motifs is 1. The Morgan fingerprint density at radius 3 is 2.66 bits per heavy atom. The summed E-state index contributed by atoms with van der Waals surface area (Å²) in [5.74, 6) is 1.30. The minimum absolute atomic E-state index is 0.527. The number of piperazine rings is 1. The molecule has 0 saturated carbocycles. The SMILES string of the molecule is COc1cc(N2CCN(C)CC2)ccc1Nc1nccc(-c2cn(C)c3cnccc23)n1. The Hall–Kier alpha value is -3.65. The fraction of sp³-hybridized carbons (Fsp3) is 0.292. The third kappa shape index (κ3) is 3.85. The number of aromatic nitrogens is 4. The molecular formula is C24H27N7O. The minimum atomic E-state index is 0.527. The second-order valence-electron chi connectivity index (χ2n) is 8.11. The van der Waals surface area contributed by atoms with Crippen LogP contribution in [0.15, 0.2) is 55.1 Å². The Morgan fingerprint density at radius 2 is 1.84 bits per heavy atom. The topological polar surface area (TPSA) is 71.3 Å². The highest BCUT2D eigenvalue weighted by Gasteiger charge is 2.17. The molecule has 164 valence electrons. The monoisotopic (exact) mass is 429 g/mol. The Kier molecular flexibility index (Phi) is 5.36. The van der Waals surface area contributed by atoms with Gasteiger partial charge in [0.2, 0.25) is 5.95 Å². The molecule has 1 saturated heterocycles. The van der Waals surface area contributed by atoms with Crippen LogP contribution in [-0.2, 0) is 7.05 Å². The molecule has 5 rings (SSSR count). The molecule has 3 aromatic heterocycles. The molecule has 0 atom stereocenters. The molecule has 1 aliphatic rings. The second kappa shape index (κ2) is 8.47. The number of rotatable bonds is 5. The van der Waals surface area contributed by atoms with Crippen LogP contribution in [0.2, 0.25) is 0 Å². The number of pyridine rings is 1. The number of hydrogen-bond acceptors (Lipinski definition) is 7. The van der Waals surface area contributed by atoms with Crippen LogP contribution in [0.4, 0.5) is 17.3 Å². The van der Waals surface area contributed by atoms with E-state index in [1.165, 1.54) is 5.69 Å². The summed E-state index contributed by atoms with van der Waals surface area (Å²) in [6.45, 7) is 4.15. The Morgan fingerprint density at radius 1 is 1.00 bits per heavy atom. The summed E-state index contributed by atoms with van der Waals surface area (Å²) in [4.78, 5) is 18.2. The number of nitrogens with zero attached hydrogens (tertiary/aromatic N) is 6. The highest BCUT2D eigenvalue weighted by atomic mass is 16.5. The van der Waals surface area contributed by atoms with Crippen molar-refractivity contribution in [3.05, 3.63) is 55.1 Å². The first kappa shape index (κ1) is 20.3. The summed E-state index contributed by atoms with van der Waals surface area (Å²) in [6, 6.07) is 10.2. The average molecular weight is 430 g/mol. The van der Waals surface area contributed by atoms with Gasteiger partial charge in [-0.3, -0.25) is 4.98 Å². The molecule has 0 radical (unpaired) electrons. The van der Waals surface area contributed by atoms with E-state index in [0.29, 0.717) is 5.95 Å². The van der Waals surface area contributed by atoms with Gasteiger partial charge >= 0.3 is 0 Å². The molecule has 4 aromatic rings. The highest BCUT2D eigenvalue weighted by molar-refractivity contribution is 5.94. The Balaban J connectivity index is 1.42. The van der Waals surface area contributed by atoms with E-state index in [2.05, 4.69) is 55.0 Å². The number of ether oxygens (including phenoxy) is 1. The molecule has 8 nitrogen and oxygen atoms in total. The average Bonchev–Trinajstić information content (AvgIpc) is 3.17. The fourth-order valence-electron chi connectivity index (χ4n) is 4.17. The predicted molar refractivity (Wildman–Crippen MR) is 128 cm³/mol. The quantitative estimate of drug-likeness (QED) is 0.520. The lowest BCUT2D eigenvalue weighted by molar-refractivity contribution is 0.312. The lowest BCUT2D eigenvalue weighted by atomic mass is 10.1. The van der Waals surface area contributed by atoms with Crippen molar-refractivity contribution >= 4 is 28.2 Å². The lowest BCUT2D eigenvalue weighted by Gasteiger charge is -2.34. The molecule has 0 aliphatic carbocycles. The van der Waals surface area contributed by atoms with Gasteiger partial charge in [0.1, 0.15) is 5.75 Å². The summed E-state index contributed by atoms with van der Waals surface area (Å²) in [6.07, 6.45) is 7.52. The largest absolute Gasteiger partial charge is 0.494 e. The van der Waals surface area contributed by atoms with E-state index in [1.807, 2.05) is 31.4 Å². The van der Waals surface area contributed by atoms with E-state index in [1.54, 1.807) is 19.5 Å². The number of hydrogen-bond donors (Lipinski definition) is 1. The second-order valence-corrected chi connectivity index (χ2v) is 8.11. The molecule has 1 N–H and O–H groups in total. The van der Waals surface area contributed by atoms with Gasteiger partial charge in [-0.2, -0.15) is 0 Å². The molecule has 4 heterocycles. The van der Waals surface area contributed by atoms with Crippen molar-refractivity contribution in [2.45, 2.75) is 0 Å². The van der Waals surface area contributed by atoms with Gasteiger partial charge in [-0.1, -0.05) is 0 Å². The first-order valence-corrected chi connectivity index (χ1v) is 10.7. The van der Waals surface area contributed by atoms with Gasteiger partial charge in [0.25, 0.3) is 0 Å². The summed E-state index contributed by atoms with van der Waals surface area (Å²) in [7, 11) is 5.87. The molecule has 0 amide bonds. The van der Waals surface area contributed by atoms with Crippen LogP contribution < -0.4 is 15.0 Å². The zero-order valence-corrected chi connectivity index (χ0v) is 18.6. The normalized spacial score (nSPS) is 14.7. The number of aryl methyl sites for hydroxylation is 1. The van der Waals surface area contributed by atoms with E-state index in [9.17, 15) is 0 Å². The van der Waals surface area contributed by atoms with Crippen LogP contribution in [0.3, 0.4) is 0 Å². The van der Waals surface area contributed by atoms with Crippen molar-refractivity contribution in [3.63, 3.8) is 0 Å². The lowest BCUT2D eigenvalue weighted by Crippen LogP contribution is -2.44. The maximum absolute atomic E-state index is 5.68. The van der Waals surface area contributed by atoms with E-state index >= 15 is 0 Å². The maximum atomic E-state index is 5.68. The van der Waals surface area contributed by atoms with E-state index in [0.717, 1.165) is 59.8 Å². The first-order chi connectivity index (χ1) is 15.6. The summed E-state index contributed by atoms with van der Waals surface area (Å²) in [5, 5.41) is 4.44. The van der Waals surface area contributed by atoms with Gasteiger partial charge in [-0.25, -0.2) is 9.97 Å². The zero-order chi connectivity index (χ0) is 22.1. The number of nitrogens with one attached hydrogen (secondary N) is 1. The molecule has 8 heteroatoms. The van der Waals surface area contributed by atoms with Crippen LogP contribution >= 0.6 is 0 Å². The predicted octanol–water partition coefficient (Wildman–Crippen LogP) is 3.53. The van der Waals surface area contributed by atoms with Gasteiger partial charge in [-0.15, -0.1) is 0 Å². The number of likely N-dealkylation sites (N-methyl/N-ethyl adjacent to an activating group) is 1. The minimum Gasteiger partial charge on any atom is -0.494 e. The fourth-order valence-corrected chi connectivity index (χ4v) is 4.17. The highest BCUT2D eigenvalue weighted by Crippen LogP contribution is 2.33. The van der Waals surface area contributed by atoms with Crippen LogP contribution in [-0.4, -0.2) is 64.8 Å². The summed E-state index contributed by atoms with van der Waals surface area (Å²) in [5.41, 5.74) is 4.97. The number of benzene rings is 1. The molecule has 1 fully saturated rings. The van der Waals surface area contributed by atoms with Crippen molar-refractivity contribution in [2.75, 3.05) is 50.6 Å². The number of methoxy groups -OCH3 is 1. The van der Waals surface area contributed by atoms with Crippen LogP contribution in [0, 0.1) is 0 Å². The molecule has 32 heavy (non-hydrogen) atoms. The van der Waals surface area contributed by atoms with Gasteiger partial charge in [0.15, 0.2) is 0 Å². The van der Waals surface area contributed by atoms with E-state index < -0.39 is 0 Å². The van der Waals surface area contributed by atoms with Crippen LogP contribution in [0.25, 0.3) is 22.2 Å². The van der Waals surface area contributed by atoms with Crippen molar-refractivity contribution in [1.29, 1.82) is 0 Å². The van der Waals surface area contributed by atoms with Crippen molar-refractivity contribution in [3.8, 4) is 17.0 Å². The van der Waals surface area contributed by atoms with Crippen molar-refractivity contribution in [1.82, 2.24) is 24.4 Å². The summed E-state index contributed by atoms with van der Waals surface area (Å²) < 4.78 is 7.74. The smallest absolute Gasteiger partial charge is 0.227 e. The molecule has 0 unspecified atom stereocenters. The molecule has 0 spiro atoms. The molecular weight excluding hydrogens is 402 g/mol. The zero-order valence-electron chi connectivity index (χ0n) is 18.6. The third-order valence-corrected chi connectivity index (χ3v) is 6.02. The molecule has 0 bridgehead atoms. The Labute approximate surface area is 187 Å². The Bertz CT molecular complexity index is 1240. The van der Waals surface area contributed by atoms with Gasteiger partial charge in [-0.05, 0) is 31.3 Å². The van der Waals surface area contributed by atoms with Crippen LogP contribution in [0.1, 0.15) is 0 Å². The van der Waals surface area contributed by atoms with Gasteiger partial charge in [0.05, 0.1) is 30.2 Å². The molecule has 1 aliphatic heterocycles. The van der Waals surface area contributed by atoms with Gasteiger partial charge in [0, 0.05) is 74.5 Å². The number of anilines is 3.